The molecule has 0 bridgehead atoms. The molecule has 34 heavy (non-hydrogen) atoms. The Morgan fingerprint density at radius 3 is 2.38 bits per heavy atom. The number of piperidine rings is 1. The first-order valence-electron chi connectivity index (χ1n) is 10.9. The van der Waals surface area contributed by atoms with Crippen LogP contribution in [0.5, 0.6) is 11.5 Å². The van der Waals surface area contributed by atoms with E-state index in [2.05, 4.69) is 17.2 Å². The van der Waals surface area contributed by atoms with Crippen LogP contribution in [-0.4, -0.2) is 50.9 Å². The average molecular weight is 502 g/mol. The van der Waals surface area contributed by atoms with Crippen LogP contribution in [0.1, 0.15) is 30.1 Å². The molecule has 10 heteroatoms. The topological polar surface area (TPSA) is 97.8 Å². The lowest BCUT2D eigenvalue weighted by atomic mass is 10.0. The molecule has 2 heterocycles. The van der Waals surface area contributed by atoms with Gasteiger partial charge in [0.15, 0.2) is 16.6 Å². The molecule has 0 atom stereocenters. The second-order valence-electron chi connectivity index (χ2n) is 8.17. The van der Waals surface area contributed by atoms with E-state index < -0.39 is 10.0 Å². The van der Waals surface area contributed by atoms with Crippen molar-refractivity contribution in [1.82, 2.24) is 9.29 Å². The van der Waals surface area contributed by atoms with Gasteiger partial charge in [0.25, 0.3) is 5.91 Å². The third-order valence-electron chi connectivity index (χ3n) is 5.90. The number of hydrogen-bond acceptors (Lipinski definition) is 7. The minimum Gasteiger partial charge on any atom is -0.493 e. The summed E-state index contributed by atoms with van der Waals surface area (Å²) in [5.74, 6) is 1.39. The van der Waals surface area contributed by atoms with Gasteiger partial charge in [-0.3, -0.25) is 10.1 Å². The molecule has 3 aromatic rings. The van der Waals surface area contributed by atoms with Gasteiger partial charge in [0.1, 0.15) is 0 Å². The maximum absolute atomic E-state index is 12.9. The number of sulfonamides is 1. The largest absolute Gasteiger partial charge is 0.493 e. The van der Waals surface area contributed by atoms with Crippen LogP contribution in [0, 0.1) is 5.92 Å². The van der Waals surface area contributed by atoms with Crippen LogP contribution in [0.25, 0.3) is 11.3 Å². The number of methoxy groups -OCH3 is 2. The number of carbonyl (C=O) groups excluding carboxylic acids is 1. The molecule has 8 nitrogen and oxygen atoms in total. The molecule has 1 N–H and O–H groups in total. The number of rotatable bonds is 7. The average Bonchev–Trinajstić information content (AvgIpc) is 3.32. The normalized spacial score (nSPS) is 15.1. The van der Waals surface area contributed by atoms with Gasteiger partial charge in [-0.25, -0.2) is 13.4 Å². The summed E-state index contributed by atoms with van der Waals surface area (Å²) in [6.07, 6.45) is 1.72. The highest BCUT2D eigenvalue weighted by Gasteiger charge is 2.28. The van der Waals surface area contributed by atoms with E-state index in [1.165, 1.54) is 39.9 Å². The van der Waals surface area contributed by atoms with Crippen LogP contribution in [0.4, 0.5) is 5.13 Å². The highest BCUT2D eigenvalue weighted by molar-refractivity contribution is 7.89. The highest BCUT2D eigenvalue weighted by atomic mass is 32.2. The molecule has 0 radical (unpaired) electrons. The number of aromatic nitrogens is 1. The van der Waals surface area contributed by atoms with Crippen molar-refractivity contribution in [2.75, 3.05) is 32.6 Å². The third kappa shape index (κ3) is 5.08. The number of hydrogen-bond donors (Lipinski definition) is 1. The summed E-state index contributed by atoms with van der Waals surface area (Å²) in [6.45, 7) is 3.19. The van der Waals surface area contributed by atoms with Crippen molar-refractivity contribution in [3.05, 3.63) is 53.4 Å². The van der Waals surface area contributed by atoms with E-state index in [9.17, 15) is 13.2 Å². The molecule has 1 aromatic heterocycles. The van der Waals surface area contributed by atoms with Gasteiger partial charge in [0.05, 0.1) is 24.8 Å². The predicted octanol–water partition coefficient (Wildman–Crippen LogP) is 4.50. The maximum atomic E-state index is 12.9. The molecular weight excluding hydrogens is 474 g/mol. The molecule has 1 aliphatic rings. The highest BCUT2D eigenvalue weighted by Crippen LogP contribution is 2.33. The van der Waals surface area contributed by atoms with Crippen LogP contribution in [0.15, 0.2) is 52.7 Å². The fourth-order valence-corrected chi connectivity index (χ4v) is 5.97. The Morgan fingerprint density at radius 1 is 1.06 bits per heavy atom. The van der Waals surface area contributed by atoms with Crippen molar-refractivity contribution in [3.63, 3.8) is 0 Å². The van der Waals surface area contributed by atoms with Crippen LogP contribution < -0.4 is 14.8 Å². The minimum atomic E-state index is -3.55. The zero-order valence-corrected chi connectivity index (χ0v) is 20.9. The number of thiazole rings is 1. The fraction of sp³-hybridized carbons (Fsp3) is 0.333. The van der Waals surface area contributed by atoms with Gasteiger partial charge in [0.2, 0.25) is 10.0 Å². The Hall–Kier alpha value is -2.95. The van der Waals surface area contributed by atoms with Crippen LogP contribution in [0.3, 0.4) is 0 Å². The number of ether oxygens (including phenoxy) is 2. The molecule has 0 saturated carbocycles. The summed E-state index contributed by atoms with van der Waals surface area (Å²) in [5, 5.41) is 5.06. The molecule has 1 fully saturated rings. The molecule has 0 aliphatic carbocycles. The summed E-state index contributed by atoms with van der Waals surface area (Å²) in [5.41, 5.74) is 1.88. The van der Waals surface area contributed by atoms with Crippen LogP contribution in [-0.2, 0) is 10.0 Å². The number of benzene rings is 2. The molecule has 1 saturated heterocycles. The number of nitrogens with zero attached hydrogens (tertiary/aromatic N) is 2. The van der Waals surface area contributed by atoms with Crippen molar-refractivity contribution < 1.29 is 22.7 Å². The molecule has 180 valence electrons. The Kier molecular flexibility index (Phi) is 7.20. The van der Waals surface area contributed by atoms with Gasteiger partial charge in [-0.05, 0) is 61.2 Å². The number of amides is 1. The lowest BCUT2D eigenvalue weighted by Crippen LogP contribution is -2.37. The molecule has 1 amide bonds. The van der Waals surface area contributed by atoms with Crippen molar-refractivity contribution >= 4 is 32.4 Å². The Bertz CT molecular complexity index is 1260. The van der Waals surface area contributed by atoms with E-state index >= 15 is 0 Å². The lowest BCUT2D eigenvalue weighted by molar-refractivity contribution is 0.102. The standard InChI is InChI=1S/C24H27N3O5S2/c1-16-10-12-27(13-11-16)34(29,30)19-7-4-17(5-8-19)23(28)26-24-25-20(15-33-24)18-6-9-21(31-2)22(14-18)32-3/h4-9,14-16H,10-13H2,1-3H3,(H,25,26,28). The first-order chi connectivity index (χ1) is 16.3. The van der Waals surface area contributed by atoms with E-state index in [1.807, 2.05) is 17.5 Å². The van der Waals surface area contributed by atoms with Crippen molar-refractivity contribution in [2.45, 2.75) is 24.7 Å². The Morgan fingerprint density at radius 2 is 1.74 bits per heavy atom. The van der Waals surface area contributed by atoms with E-state index in [0.29, 0.717) is 46.9 Å². The fourth-order valence-electron chi connectivity index (χ4n) is 3.78. The van der Waals surface area contributed by atoms with Gasteiger partial charge in [-0.1, -0.05) is 6.92 Å². The van der Waals surface area contributed by atoms with Crippen molar-refractivity contribution in [2.24, 2.45) is 5.92 Å². The summed E-state index contributed by atoms with van der Waals surface area (Å²) in [6, 6.07) is 11.5. The summed E-state index contributed by atoms with van der Waals surface area (Å²) < 4.78 is 37.9. The Balaban J connectivity index is 1.44. The van der Waals surface area contributed by atoms with E-state index in [0.717, 1.165) is 18.4 Å². The number of anilines is 1. The number of nitrogens with one attached hydrogen (secondary N) is 1. The minimum absolute atomic E-state index is 0.198. The molecule has 0 spiro atoms. The monoisotopic (exact) mass is 501 g/mol. The summed E-state index contributed by atoms with van der Waals surface area (Å²) in [7, 11) is -0.412. The quantitative estimate of drug-likeness (QED) is 0.512. The van der Waals surface area contributed by atoms with Crippen molar-refractivity contribution in [1.29, 1.82) is 0 Å². The third-order valence-corrected chi connectivity index (χ3v) is 8.57. The molecule has 0 unspecified atom stereocenters. The predicted molar refractivity (Wildman–Crippen MR) is 132 cm³/mol. The molecule has 2 aromatic carbocycles. The lowest BCUT2D eigenvalue weighted by Gasteiger charge is -2.29. The van der Waals surface area contributed by atoms with E-state index in [-0.39, 0.29) is 10.8 Å². The molecule has 1 aliphatic heterocycles. The number of carbonyl (C=O) groups is 1. The van der Waals surface area contributed by atoms with Gasteiger partial charge >= 0.3 is 0 Å². The second kappa shape index (κ2) is 10.1. The zero-order valence-electron chi connectivity index (χ0n) is 19.3. The van der Waals surface area contributed by atoms with Gasteiger partial charge < -0.3 is 9.47 Å². The van der Waals surface area contributed by atoms with E-state index in [4.69, 9.17) is 9.47 Å². The smallest absolute Gasteiger partial charge is 0.257 e. The van der Waals surface area contributed by atoms with Crippen molar-refractivity contribution in [3.8, 4) is 22.8 Å². The van der Waals surface area contributed by atoms with Crippen LogP contribution in [0.2, 0.25) is 0 Å². The molecule has 4 rings (SSSR count). The van der Waals surface area contributed by atoms with Gasteiger partial charge in [-0.15, -0.1) is 11.3 Å². The first kappa shape index (κ1) is 24.2. The summed E-state index contributed by atoms with van der Waals surface area (Å²) >= 11 is 1.30. The van der Waals surface area contributed by atoms with E-state index in [1.54, 1.807) is 20.3 Å². The summed E-state index contributed by atoms with van der Waals surface area (Å²) in [4.78, 5) is 17.4. The van der Waals surface area contributed by atoms with Crippen LogP contribution >= 0.6 is 11.3 Å². The zero-order chi connectivity index (χ0) is 24.3. The van der Waals surface area contributed by atoms with Gasteiger partial charge in [-0.2, -0.15) is 4.31 Å². The first-order valence-corrected chi connectivity index (χ1v) is 13.2. The maximum Gasteiger partial charge on any atom is 0.257 e. The second-order valence-corrected chi connectivity index (χ2v) is 11.0. The molecular formula is C24H27N3O5S2. The van der Waals surface area contributed by atoms with Gasteiger partial charge in [0, 0.05) is 29.6 Å². The Labute approximate surface area is 203 Å². The SMILES string of the molecule is COc1ccc(-c2csc(NC(=O)c3ccc(S(=O)(=O)N4CCC(C)CC4)cc3)n2)cc1OC.